The minimum Gasteiger partial charge on any atom is -0.443 e. The van der Waals surface area contributed by atoms with Crippen molar-refractivity contribution in [3.05, 3.63) is 52.6 Å². The third kappa shape index (κ3) is 4.10. The van der Waals surface area contributed by atoms with E-state index in [2.05, 4.69) is 5.32 Å². The number of fused-ring (bicyclic) bond motifs is 3. The Morgan fingerprint density at radius 2 is 1.83 bits per heavy atom. The monoisotopic (exact) mass is 483 g/mol. The maximum atomic E-state index is 15.1. The van der Waals surface area contributed by atoms with Crippen molar-refractivity contribution in [2.24, 2.45) is 11.5 Å². The number of nitrogens with two attached hydrogens (primary N) is 2. The van der Waals surface area contributed by atoms with Crippen LogP contribution < -0.4 is 32.1 Å². The molecule has 2 aromatic carbocycles. The molecule has 184 valence electrons. The van der Waals surface area contributed by atoms with Crippen LogP contribution in [0.15, 0.2) is 41.2 Å². The summed E-state index contributed by atoms with van der Waals surface area (Å²) in [5.41, 5.74) is 12.8. The smallest absolute Gasteiger partial charge is 0.414 e. The minimum absolute atomic E-state index is 0.146. The Bertz CT molecular complexity index is 1370. The van der Waals surface area contributed by atoms with Crippen molar-refractivity contribution in [1.29, 1.82) is 0 Å². The number of rotatable bonds is 5. The number of nitrogens with zero attached hydrogens (tertiary/aromatic N) is 4. The molecule has 5 N–H and O–H groups in total. The van der Waals surface area contributed by atoms with Crippen LogP contribution in [0.2, 0.25) is 0 Å². The van der Waals surface area contributed by atoms with Gasteiger partial charge in [0.1, 0.15) is 11.9 Å². The van der Waals surface area contributed by atoms with Gasteiger partial charge in [-0.25, -0.2) is 13.9 Å². The van der Waals surface area contributed by atoms with E-state index in [1.165, 1.54) is 11.0 Å². The summed E-state index contributed by atoms with van der Waals surface area (Å²) in [6, 6.07) is 9.80. The van der Waals surface area contributed by atoms with Gasteiger partial charge in [0.2, 0.25) is 5.91 Å². The molecule has 2 aliphatic heterocycles. The molecule has 2 amide bonds. The first-order chi connectivity index (χ1) is 16.9. The van der Waals surface area contributed by atoms with Crippen molar-refractivity contribution in [2.75, 3.05) is 47.8 Å². The Balaban J connectivity index is 1.36. The number of ether oxygens (including phenoxy) is 1. The number of amides is 2. The van der Waals surface area contributed by atoms with Crippen LogP contribution in [-0.4, -0.2) is 60.2 Å². The highest BCUT2D eigenvalue weighted by molar-refractivity contribution is 5.94. The fraction of sp³-hybridized carbons (Fsp3) is 0.348. The highest BCUT2D eigenvalue weighted by Crippen LogP contribution is 2.29. The van der Waals surface area contributed by atoms with Crippen LogP contribution in [0.25, 0.3) is 10.9 Å². The Hall–Kier alpha value is -3.90. The number of halogens is 1. The molecule has 5 rings (SSSR count). The molecule has 0 bridgehead atoms. The summed E-state index contributed by atoms with van der Waals surface area (Å²) in [5.74, 6) is -0.801. The summed E-state index contributed by atoms with van der Waals surface area (Å²) >= 11 is 0. The van der Waals surface area contributed by atoms with Crippen molar-refractivity contribution in [3.63, 3.8) is 0 Å². The molecular formula is C23H26FN7O4. The number of hydrogen-bond donors (Lipinski definition) is 3. The predicted octanol–water partition coefficient (Wildman–Crippen LogP) is 0.643. The van der Waals surface area contributed by atoms with E-state index in [-0.39, 0.29) is 31.1 Å². The van der Waals surface area contributed by atoms with E-state index >= 15 is 4.39 Å². The molecule has 11 nitrogen and oxygen atoms in total. The van der Waals surface area contributed by atoms with Gasteiger partial charge in [-0.3, -0.25) is 19.2 Å². The number of cyclic esters (lactones) is 1. The largest absolute Gasteiger partial charge is 0.443 e. The number of nitrogens with one attached hydrogen (secondary N) is 1. The number of aromatic nitrogens is 2. The van der Waals surface area contributed by atoms with E-state index in [9.17, 15) is 14.4 Å². The molecule has 0 saturated carbocycles. The van der Waals surface area contributed by atoms with Crippen LogP contribution in [0.3, 0.4) is 0 Å². The fourth-order valence-electron chi connectivity index (χ4n) is 4.62. The maximum absolute atomic E-state index is 15.1. The van der Waals surface area contributed by atoms with Gasteiger partial charge < -0.3 is 26.4 Å². The number of carbonyl (C=O) groups is 2. The van der Waals surface area contributed by atoms with E-state index in [0.717, 1.165) is 5.52 Å². The fourth-order valence-corrected chi connectivity index (χ4v) is 4.62. The molecule has 12 heteroatoms. The van der Waals surface area contributed by atoms with Gasteiger partial charge in [-0.1, -0.05) is 0 Å². The molecule has 3 heterocycles. The molecule has 1 aromatic heterocycles. The van der Waals surface area contributed by atoms with Crippen molar-refractivity contribution in [1.82, 2.24) is 9.36 Å². The second-order valence-corrected chi connectivity index (χ2v) is 8.51. The average Bonchev–Trinajstić information content (AvgIpc) is 3.26. The lowest BCUT2D eigenvalue weighted by Gasteiger charge is -2.24. The SMILES string of the molecule is NCC(=O)Nc1ccc2c(c1)c(=O)n1n2CCN(c2ccc(N3C[C@H](CN)OC3=O)cc2F)CC1. The summed E-state index contributed by atoms with van der Waals surface area (Å²) in [7, 11) is 0. The number of carbonyl (C=O) groups excluding carboxylic acids is 2. The van der Waals surface area contributed by atoms with Crippen LogP contribution in [0.4, 0.5) is 26.2 Å². The topological polar surface area (TPSA) is 141 Å². The van der Waals surface area contributed by atoms with E-state index in [0.29, 0.717) is 48.6 Å². The van der Waals surface area contributed by atoms with Gasteiger partial charge in [-0.05, 0) is 36.4 Å². The molecule has 35 heavy (non-hydrogen) atoms. The second kappa shape index (κ2) is 9.04. The summed E-state index contributed by atoms with van der Waals surface area (Å²) < 4.78 is 23.8. The lowest BCUT2D eigenvalue weighted by atomic mass is 10.2. The van der Waals surface area contributed by atoms with Gasteiger partial charge in [0.25, 0.3) is 5.56 Å². The predicted molar refractivity (Wildman–Crippen MR) is 129 cm³/mol. The van der Waals surface area contributed by atoms with Gasteiger partial charge >= 0.3 is 6.09 Å². The van der Waals surface area contributed by atoms with Crippen LogP contribution in [0.5, 0.6) is 0 Å². The first-order valence-corrected chi connectivity index (χ1v) is 11.4. The molecule has 0 unspecified atom stereocenters. The van der Waals surface area contributed by atoms with Crippen LogP contribution in [-0.2, 0) is 22.6 Å². The first kappa shape index (κ1) is 22.9. The van der Waals surface area contributed by atoms with E-state index < -0.39 is 18.0 Å². The Morgan fingerprint density at radius 3 is 2.51 bits per heavy atom. The van der Waals surface area contributed by atoms with E-state index in [1.807, 2.05) is 9.58 Å². The average molecular weight is 484 g/mol. The summed E-state index contributed by atoms with van der Waals surface area (Å²) in [4.78, 5) is 40.0. The zero-order valence-corrected chi connectivity index (χ0v) is 18.9. The molecular weight excluding hydrogens is 457 g/mol. The normalized spacial score (nSPS) is 17.9. The zero-order chi connectivity index (χ0) is 24.7. The molecule has 0 aliphatic carbocycles. The maximum Gasteiger partial charge on any atom is 0.414 e. The third-order valence-electron chi connectivity index (χ3n) is 6.38. The van der Waals surface area contributed by atoms with Crippen molar-refractivity contribution >= 4 is 40.0 Å². The number of hydrogen-bond acceptors (Lipinski definition) is 7. The standard InChI is InChI=1S/C23H26FN7O4/c24-18-10-15(29-13-16(11-25)35-23(29)34)2-4-20(18)28-5-7-30-19-3-1-14(27-21(32)12-26)9-17(19)22(33)31(30)8-6-28/h1-4,9-10,16H,5-8,11-13,25-26H2,(H,27,32)/t16-/m0/s1. The first-order valence-electron chi connectivity index (χ1n) is 11.4. The quantitative estimate of drug-likeness (QED) is 0.484. The van der Waals surface area contributed by atoms with Gasteiger partial charge in [-0.15, -0.1) is 0 Å². The summed E-state index contributed by atoms with van der Waals surface area (Å²) in [6.07, 6.45) is -0.953. The lowest BCUT2D eigenvalue weighted by molar-refractivity contribution is -0.114. The Kier molecular flexibility index (Phi) is 5.91. The van der Waals surface area contributed by atoms with Crippen LogP contribution in [0, 0.1) is 5.82 Å². The molecule has 1 atom stereocenters. The highest BCUT2D eigenvalue weighted by atomic mass is 19.1. The summed E-state index contributed by atoms with van der Waals surface area (Å²) in [5, 5.41) is 3.16. The molecule has 1 saturated heterocycles. The molecule has 2 aliphatic rings. The number of anilines is 3. The minimum atomic E-state index is -0.543. The van der Waals surface area contributed by atoms with Gasteiger partial charge in [0.15, 0.2) is 0 Å². The Morgan fingerprint density at radius 1 is 1.06 bits per heavy atom. The van der Waals surface area contributed by atoms with Crippen molar-refractivity contribution < 1.29 is 18.7 Å². The van der Waals surface area contributed by atoms with Gasteiger partial charge in [0, 0.05) is 25.3 Å². The number of benzene rings is 2. The van der Waals surface area contributed by atoms with Crippen molar-refractivity contribution in [2.45, 2.75) is 19.2 Å². The molecule has 0 radical (unpaired) electrons. The van der Waals surface area contributed by atoms with Crippen LogP contribution >= 0.6 is 0 Å². The van der Waals surface area contributed by atoms with Gasteiger partial charge in [0.05, 0.1) is 48.5 Å². The second-order valence-electron chi connectivity index (χ2n) is 8.51. The highest BCUT2D eigenvalue weighted by Gasteiger charge is 2.32. The molecule has 0 spiro atoms. The lowest BCUT2D eigenvalue weighted by Crippen LogP contribution is -2.29. The molecule has 3 aromatic rings. The Labute approximate surface area is 199 Å². The van der Waals surface area contributed by atoms with Gasteiger partial charge in [-0.2, -0.15) is 0 Å². The van der Waals surface area contributed by atoms with E-state index in [1.54, 1.807) is 35.0 Å². The van der Waals surface area contributed by atoms with E-state index in [4.69, 9.17) is 16.2 Å². The van der Waals surface area contributed by atoms with Crippen molar-refractivity contribution in [3.8, 4) is 0 Å². The zero-order valence-electron chi connectivity index (χ0n) is 18.9. The molecule has 1 fully saturated rings. The van der Waals surface area contributed by atoms with Crippen LogP contribution in [0.1, 0.15) is 0 Å². The summed E-state index contributed by atoms with van der Waals surface area (Å²) in [6.45, 7) is 2.06. The third-order valence-corrected chi connectivity index (χ3v) is 6.38.